The van der Waals surface area contributed by atoms with Gasteiger partial charge >= 0.3 is 11.8 Å². The Morgan fingerprint density at radius 1 is 0.871 bits per heavy atom. The predicted molar refractivity (Wildman–Crippen MR) is 113 cm³/mol. The number of methoxy groups -OCH3 is 1. The Kier molecular flexibility index (Phi) is 5.53. The first-order chi connectivity index (χ1) is 15.0. The van der Waals surface area contributed by atoms with E-state index in [1.807, 2.05) is 6.07 Å². The molecule has 0 atom stereocenters. The number of nitrogens with zero attached hydrogens (tertiary/aromatic N) is 3. The Morgan fingerprint density at radius 2 is 1.55 bits per heavy atom. The van der Waals surface area contributed by atoms with Crippen LogP contribution < -0.4 is 4.74 Å². The van der Waals surface area contributed by atoms with E-state index >= 15 is 0 Å². The van der Waals surface area contributed by atoms with Gasteiger partial charge in [0, 0.05) is 48.9 Å². The number of aldehydes is 1. The molecule has 1 aromatic heterocycles. The number of piperazine rings is 1. The molecule has 4 rings (SSSR count). The van der Waals surface area contributed by atoms with E-state index in [4.69, 9.17) is 4.74 Å². The molecule has 0 N–H and O–H groups in total. The molecule has 0 spiro atoms. The lowest BCUT2D eigenvalue weighted by Gasteiger charge is -2.34. The van der Waals surface area contributed by atoms with Crippen LogP contribution >= 0.6 is 0 Å². The highest BCUT2D eigenvalue weighted by Crippen LogP contribution is 2.29. The molecule has 3 aromatic rings. The predicted octanol–water partition coefficient (Wildman–Crippen LogP) is 2.09. The van der Waals surface area contributed by atoms with Crippen molar-refractivity contribution < 1.29 is 23.9 Å². The molecule has 8 heteroatoms. The smallest absolute Gasteiger partial charge is 0.320 e. The van der Waals surface area contributed by atoms with E-state index in [0.29, 0.717) is 47.2 Å². The summed E-state index contributed by atoms with van der Waals surface area (Å²) in [5.74, 6) is -1.02. The number of carbonyl (C=O) groups is 4. The number of hydrogen-bond acceptors (Lipinski definition) is 5. The van der Waals surface area contributed by atoms with Crippen molar-refractivity contribution in [1.29, 1.82) is 0 Å². The lowest BCUT2D eigenvalue weighted by molar-refractivity contribution is -0.128. The highest BCUT2D eigenvalue weighted by atomic mass is 16.5. The van der Waals surface area contributed by atoms with E-state index in [-0.39, 0.29) is 19.0 Å². The Morgan fingerprint density at radius 3 is 2.19 bits per heavy atom. The van der Waals surface area contributed by atoms with Crippen molar-refractivity contribution in [3.8, 4) is 5.75 Å². The number of rotatable bonds is 3. The van der Waals surface area contributed by atoms with Crippen LogP contribution in [0.4, 0.5) is 0 Å². The minimum absolute atomic E-state index is 0.0989. The molecule has 0 bridgehead atoms. The van der Waals surface area contributed by atoms with Crippen LogP contribution in [0.25, 0.3) is 10.9 Å². The zero-order valence-corrected chi connectivity index (χ0v) is 17.0. The Hall–Kier alpha value is -3.94. The maximum atomic E-state index is 13.0. The third-order valence-corrected chi connectivity index (χ3v) is 5.46. The molecule has 0 unspecified atom stereocenters. The number of amides is 2. The average molecular weight is 419 g/mol. The van der Waals surface area contributed by atoms with Crippen LogP contribution in [-0.4, -0.2) is 71.7 Å². The highest BCUT2D eigenvalue weighted by molar-refractivity contribution is 6.37. The lowest BCUT2D eigenvalue weighted by atomic mass is 10.1. The van der Waals surface area contributed by atoms with Gasteiger partial charge in [0.15, 0.2) is 6.29 Å². The first kappa shape index (κ1) is 20.3. The van der Waals surface area contributed by atoms with Gasteiger partial charge in [-0.1, -0.05) is 18.2 Å². The summed E-state index contributed by atoms with van der Waals surface area (Å²) >= 11 is 0. The van der Waals surface area contributed by atoms with Gasteiger partial charge in [-0.25, -0.2) is 0 Å². The van der Waals surface area contributed by atoms with E-state index in [1.54, 1.807) is 47.4 Å². The molecule has 1 saturated heterocycles. The van der Waals surface area contributed by atoms with E-state index in [1.165, 1.54) is 22.8 Å². The number of hydrogen-bond donors (Lipinski definition) is 0. The number of aromatic nitrogens is 1. The largest absolute Gasteiger partial charge is 0.496 e. The third-order valence-electron chi connectivity index (χ3n) is 5.46. The second kappa shape index (κ2) is 8.43. The summed E-state index contributed by atoms with van der Waals surface area (Å²) in [4.78, 5) is 53.0. The monoisotopic (exact) mass is 419 g/mol. The molecule has 2 heterocycles. The minimum atomic E-state index is -0.755. The number of ether oxygens (including phenoxy) is 1. The van der Waals surface area contributed by atoms with Gasteiger partial charge in [0.2, 0.25) is 0 Å². The summed E-state index contributed by atoms with van der Waals surface area (Å²) in [5.41, 5.74) is 1.22. The standard InChI is InChI=1S/C23H21N3O5/c1-31-19-8-7-17(15-27)20-18(19)9-10-26(20)23(30)22(29)25-13-11-24(12-14-25)21(28)16-5-3-2-4-6-16/h2-10,15H,11-14H2,1H3. The molecule has 2 amide bonds. The first-order valence-corrected chi connectivity index (χ1v) is 9.86. The van der Waals surface area contributed by atoms with Crippen LogP contribution in [0.3, 0.4) is 0 Å². The van der Waals surface area contributed by atoms with Crippen molar-refractivity contribution in [1.82, 2.24) is 14.4 Å². The molecule has 1 aliphatic rings. The van der Waals surface area contributed by atoms with Crippen LogP contribution in [0.1, 0.15) is 25.5 Å². The summed E-state index contributed by atoms with van der Waals surface area (Å²) < 4.78 is 6.48. The highest BCUT2D eigenvalue weighted by Gasteiger charge is 2.30. The molecule has 0 aliphatic carbocycles. The van der Waals surface area contributed by atoms with E-state index in [9.17, 15) is 19.2 Å². The van der Waals surface area contributed by atoms with Crippen molar-refractivity contribution in [2.75, 3.05) is 33.3 Å². The first-order valence-electron chi connectivity index (χ1n) is 9.86. The molecule has 31 heavy (non-hydrogen) atoms. The molecule has 0 saturated carbocycles. The van der Waals surface area contributed by atoms with Crippen LogP contribution in [0.2, 0.25) is 0 Å². The van der Waals surface area contributed by atoms with Crippen LogP contribution in [0, 0.1) is 0 Å². The Labute approximate surface area is 178 Å². The van der Waals surface area contributed by atoms with Gasteiger partial charge in [0.05, 0.1) is 12.6 Å². The lowest BCUT2D eigenvalue weighted by Crippen LogP contribution is -2.52. The van der Waals surface area contributed by atoms with Crippen molar-refractivity contribution >= 4 is 34.9 Å². The second-order valence-electron chi connectivity index (χ2n) is 7.18. The number of fused-ring (bicyclic) bond motifs is 1. The molecule has 8 nitrogen and oxygen atoms in total. The zero-order valence-electron chi connectivity index (χ0n) is 17.0. The van der Waals surface area contributed by atoms with Crippen molar-refractivity contribution in [3.63, 3.8) is 0 Å². The molecule has 158 valence electrons. The van der Waals surface area contributed by atoms with Gasteiger partial charge in [0.1, 0.15) is 5.75 Å². The van der Waals surface area contributed by atoms with Gasteiger partial charge < -0.3 is 14.5 Å². The third kappa shape index (κ3) is 3.68. The summed E-state index contributed by atoms with van der Waals surface area (Å²) in [7, 11) is 1.50. The summed E-state index contributed by atoms with van der Waals surface area (Å²) in [6.07, 6.45) is 2.11. The fourth-order valence-electron chi connectivity index (χ4n) is 3.82. The topological polar surface area (TPSA) is 88.9 Å². The number of benzene rings is 2. The van der Waals surface area contributed by atoms with Crippen molar-refractivity contribution in [2.24, 2.45) is 0 Å². The Balaban J connectivity index is 1.50. The maximum absolute atomic E-state index is 13.0. The zero-order chi connectivity index (χ0) is 22.0. The molecule has 2 aromatic carbocycles. The fourth-order valence-corrected chi connectivity index (χ4v) is 3.82. The van der Waals surface area contributed by atoms with Crippen LogP contribution in [0.15, 0.2) is 54.7 Å². The fraction of sp³-hybridized carbons (Fsp3) is 0.217. The molecule has 0 radical (unpaired) electrons. The van der Waals surface area contributed by atoms with E-state index in [0.717, 1.165) is 0 Å². The van der Waals surface area contributed by atoms with Crippen LogP contribution in [0.5, 0.6) is 5.75 Å². The molecular formula is C23H21N3O5. The second-order valence-corrected chi connectivity index (χ2v) is 7.18. The van der Waals surface area contributed by atoms with Gasteiger partial charge in [-0.3, -0.25) is 23.7 Å². The SMILES string of the molecule is COc1ccc(C=O)c2c1ccn2C(=O)C(=O)N1CCN(C(=O)c2ccccc2)CC1. The summed E-state index contributed by atoms with van der Waals surface area (Å²) in [5, 5.41) is 0.575. The molecule has 1 fully saturated rings. The van der Waals surface area contributed by atoms with Gasteiger partial charge in [-0.15, -0.1) is 0 Å². The van der Waals surface area contributed by atoms with Gasteiger partial charge in [-0.05, 0) is 30.3 Å². The Bertz CT molecular complexity index is 1160. The molecular weight excluding hydrogens is 398 g/mol. The summed E-state index contributed by atoms with van der Waals surface area (Å²) in [6, 6.07) is 13.8. The number of carbonyl (C=O) groups excluding carboxylic acids is 4. The van der Waals surface area contributed by atoms with E-state index < -0.39 is 11.8 Å². The van der Waals surface area contributed by atoms with E-state index in [2.05, 4.69) is 0 Å². The average Bonchev–Trinajstić information content (AvgIpc) is 3.28. The van der Waals surface area contributed by atoms with Crippen molar-refractivity contribution in [2.45, 2.75) is 0 Å². The van der Waals surface area contributed by atoms with Crippen LogP contribution in [-0.2, 0) is 4.79 Å². The van der Waals surface area contributed by atoms with Gasteiger partial charge in [0.25, 0.3) is 5.91 Å². The minimum Gasteiger partial charge on any atom is -0.496 e. The normalized spacial score (nSPS) is 13.8. The maximum Gasteiger partial charge on any atom is 0.320 e. The van der Waals surface area contributed by atoms with Gasteiger partial charge in [-0.2, -0.15) is 0 Å². The quantitative estimate of drug-likeness (QED) is 0.479. The molecule has 1 aliphatic heterocycles. The van der Waals surface area contributed by atoms with Crippen molar-refractivity contribution in [3.05, 3.63) is 65.9 Å². The summed E-state index contributed by atoms with van der Waals surface area (Å²) in [6.45, 7) is 1.19.